The second-order valence-electron chi connectivity index (χ2n) is 7.63. The maximum Gasteiger partial charge on any atom is 0.518 e. The van der Waals surface area contributed by atoms with Gasteiger partial charge in [0.1, 0.15) is 9.98 Å². The minimum Gasteiger partial charge on any atom is -0.285 e. The summed E-state index contributed by atoms with van der Waals surface area (Å²) in [6.07, 6.45) is 0. The molecule has 0 saturated carbocycles. The van der Waals surface area contributed by atoms with Crippen molar-refractivity contribution >= 4 is 53.6 Å². The molecule has 0 unspecified atom stereocenters. The van der Waals surface area contributed by atoms with Gasteiger partial charge in [-0.25, -0.2) is 4.57 Å². The average Bonchev–Trinajstić information content (AvgIpc) is 2.96. The highest BCUT2D eigenvalue weighted by Crippen LogP contribution is 2.53. The molecule has 188 valence electrons. The second kappa shape index (κ2) is 12.8. The third-order valence-electron chi connectivity index (χ3n) is 5.04. The highest BCUT2D eigenvalue weighted by atomic mass is 32.1. The summed E-state index contributed by atoms with van der Waals surface area (Å²) in [5, 5.41) is 2.58. The van der Waals surface area contributed by atoms with E-state index in [9.17, 15) is 4.57 Å². The Labute approximate surface area is 227 Å². The van der Waals surface area contributed by atoms with Crippen LogP contribution in [0.25, 0.3) is 0 Å². The largest absolute Gasteiger partial charge is 0.518 e. The molecule has 0 spiro atoms. The Morgan fingerprint density at radius 3 is 1.27 bits per heavy atom. The Kier molecular flexibility index (Phi) is 9.30. The standard InChI is InChI=1S/C28H25N2O4PS2/c1-2-32-35(31,33-29(25-19-11-5-12-20-25)27(36)23-15-7-3-8-16-23)34-30(26-21-13-6-14-22-26)28(37)24-17-9-4-10-18-24/h3-22H,2H2,1H3. The lowest BCUT2D eigenvalue weighted by atomic mass is 10.2. The van der Waals surface area contributed by atoms with E-state index in [1.165, 1.54) is 10.1 Å². The van der Waals surface area contributed by atoms with Gasteiger partial charge < -0.3 is 0 Å². The molecule has 4 aromatic rings. The number of para-hydroxylation sites is 2. The van der Waals surface area contributed by atoms with Crippen molar-refractivity contribution in [3.63, 3.8) is 0 Å². The van der Waals surface area contributed by atoms with E-state index in [0.29, 0.717) is 22.5 Å². The van der Waals surface area contributed by atoms with Crippen molar-refractivity contribution < 1.29 is 18.3 Å². The Morgan fingerprint density at radius 2 is 0.946 bits per heavy atom. The van der Waals surface area contributed by atoms with Crippen LogP contribution in [-0.2, 0) is 18.3 Å². The highest BCUT2D eigenvalue weighted by molar-refractivity contribution is 7.81. The van der Waals surface area contributed by atoms with Crippen LogP contribution in [0.2, 0.25) is 0 Å². The van der Waals surface area contributed by atoms with Crippen LogP contribution in [0.4, 0.5) is 11.4 Å². The van der Waals surface area contributed by atoms with Crippen LogP contribution < -0.4 is 10.1 Å². The fourth-order valence-corrected chi connectivity index (χ4v) is 5.21. The number of rotatable bonds is 10. The average molecular weight is 549 g/mol. The summed E-state index contributed by atoms with van der Waals surface area (Å²) in [5.41, 5.74) is 2.50. The zero-order chi connectivity index (χ0) is 26.1. The SMILES string of the molecule is CCOP(=O)(ON(C(=S)c1ccccc1)c1ccccc1)ON(C(=S)c1ccccc1)c1ccccc1. The highest BCUT2D eigenvalue weighted by Gasteiger charge is 2.37. The predicted octanol–water partition coefficient (Wildman–Crippen LogP) is 7.76. The lowest BCUT2D eigenvalue weighted by Crippen LogP contribution is -2.34. The van der Waals surface area contributed by atoms with E-state index in [1.807, 2.05) is 97.1 Å². The van der Waals surface area contributed by atoms with Crippen molar-refractivity contribution in [3.8, 4) is 0 Å². The van der Waals surface area contributed by atoms with Crippen molar-refractivity contribution in [1.29, 1.82) is 0 Å². The van der Waals surface area contributed by atoms with Gasteiger partial charge in [-0.15, -0.1) is 0 Å². The van der Waals surface area contributed by atoms with E-state index in [1.54, 1.807) is 31.2 Å². The first-order chi connectivity index (χ1) is 18.0. The molecule has 4 rings (SSSR count). The van der Waals surface area contributed by atoms with Crippen LogP contribution in [-0.4, -0.2) is 16.6 Å². The monoisotopic (exact) mass is 548 g/mol. The number of thiocarbonyl (C=S) groups is 2. The van der Waals surface area contributed by atoms with E-state index in [2.05, 4.69) is 0 Å². The van der Waals surface area contributed by atoms with E-state index >= 15 is 0 Å². The van der Waals surface area contributed by atoms with Crippen LogP contribution in [0.5, 0.6) is 0 Å². The zero-order valence-corrected chi connectivity index (χ0v) is 22.6. The third-order valence-corrected chi connectivity index (χ3v) is 7.15. The number of phosphoric acid groups is 1. The quantitative estimate of drug-likeness (QED) is 0.113. The fourth-order valence-electron chi connectivity index (χ4n) is 3.35. The number of hydrogen-bond donors (Lipinski definition) is 0. The van der Waals surface area contributed by atoms with Crippen molar-refractivity contribution in [2.24, 2.45) is 0 Å². The topological polar surface area (TPSA) is 51.2 Å². The molecule has 37 heavy (non-hydrogen) atoms. The van der Waals surface area contributed by atoms with Gasteiger partial charge in [-0.05, 0) is 31.2 Å². The van der Waals surface area contributed by atoms with Gasteiger partial charge in [0.25, 0.3) is 0 Å². The Bertz CT molecular complexity index is 1260. The zero-order valence-electron chi connectivity index (χ0n) is 20.0. The van der Waals surface area contributed by atoms with Crippen LogP contribution in [0.3, 0.4) is 0 Å². The molecule has 0 radical (unpaired) electrons. The van der Waals surface area contributed by atoms with Gasteiger partial charge >= 0.3 is 7.82 Å². The molecule has 0 atom stereocenters. The molecular formula is C28H25N2O4PS2. The second-order valence-corrected chi connectivity index (χ2v) is 9.88. The molecule has 0 amide bonds. The minimum absolute atomic E-state index is 0.0543. The summed E-state index contributed by atoms with van der Waals surface area (Å²) in [6, 6.07) is 36.8. The fraction of sp³-hybridized carbons (Fsp3) is 0.0714. The molecule has 9 heteroatoms. The summed E-state index contributed by atoms with van der Waals surface area (Å²) < 4.78 is 31.8. The maximum absolute atomic E-state index is 14.2. The Hall–Kier alpha value is -3.23. The molecule has 0 N–H and O–H groups in total. The number of nitrogens with zero attached hydrogens (tertiary/aromatic N) is 2. The first kappa shape index (κ1) is 26.8. The van der Waals surface area contributed by atoms with Gasteiger partial charge in [0.05, 0.1) is 18.0 Å². The Balaban J connectivity index is 1.72. The smallest absolute Gasteiger partial charge is 0.285 e. The lowest BCUT2D eigenvalue weighted by Gasteiger charge is -2.31. The molecule has 0 bridgehead atoms. The van der Waals surface area contributed by atoms with Crippen molar-refractivity contribution in [2.75, 3.05) is 16.7 Å². The molecule has 0 aliphatic heterocycles. The van der Waals surface area contributed by atoms with E-state index in [4.69, 9.17) is 38.2 Å². The van der Waals surface area contributed by atoms with Crippen molar-refractivity contribution in [3.05, 3.63) is 132 Å². The molecule has 0 heterocycles. The van der Waals surface area contributed by atoms with E-state index < -0.39 is 7.82 Å². The molecule has 0 saturated heterocycles. The van der Waals surface area contributed by atoms with Gasteiger partial charge in [0.2, 0.25) is 0 Å². The van der Waals surface area contributed by atoms with E-state index in [-0.39, 0.29) is 16.6 Å². The van der Waals surface area contributed by atoms with Gasteiger partial charge in [0, 0.05) is 11.1 Å². The molecule has 0 aromatic heterocycles. The van der Waals surface area contributed by atoms with Crippen LogP contribution in [0.15, 0.2) is 121 Å². The number of hydroxylamine groups is 2. The molecule has 0 aliphatic carbocycles. The number of hydrogen-bond acceptors (Lipinski definition) is 6. The van der Waals surface area contributed by atoms with Gasteiger partial charge in [-0.3, -0.25) is 4.52 Å². The van der Waals surface area contributed by atoms with E-state index in [0.717, 1.165) is 0 Å². The van der Waals surface area contributed by atoms with Crippen LogP contribution in [0.1, 0.15) is 18.1 Å². The van der Waals surface area contributed by atoms with Gasteiger partial charge in [0.15, 0.2) is 0 Å². The van der Waals surface area contributed by atoms with Crippen molar-refractivity contribution in [2.45, 2.75) is 6.92 Å². The lowest BCUT2D eigenvalue weighted by molar-refractivity contribution is 0.124. The van der Waals surface area contributed by atoms with Gasteiger partial charge in [-0.2, -0.15) is 19.4 Å². The number of anilines is 2. The summed E-state index contributed by atoms with van der Waals surface area (Å²) in [4.78, 5) is 0.569. The summed E-state index contributed by atoms with van der Waals surface area (Å²) in [6.45, 7) is 1.75. The molecule has 0 aliphatic rings. The first-order valence-corrected chi connectivity index (χ1v) is 13.8. The van der Waals surface area contributed by atoms with Gasteiger partial charge in [-0.1, -0.05) is 121 Å². The molecular weight excluding hydrogens is 523 g/mol. The van der Waals surface area contributed by atoms with Crippen LogP contribution in [0, 0.1) is 0 Å². The third kappa shape index (κ3) is 6.96. The van der Waals surface area contributed by atoms with Crippen LogP contribution >= 0.6 is 32.3 Å². The first-order valence-electron chi connectivity index (χ1n) is 11.5. The predicted molar refractivity (Wildman–Crippen MR) is 156 cm³/mol. The summed E-state index contributed by atoms with van der Waals surface area (Å²) in [7, 11) is -4.33. The molecule has 0 fully saturated rings. The molecule has 4 aromatic carbocycles. The Morgan fingerprint density at radius 1 is 0.622 bits per heavy atom. The molecule has 6 nitrogen and oxygen atoms in total. The summed E-state index contributed by atoms with van der Waals surface area (Å²) >= 11 is 11.5. The summed E-state index contributed by atoms with van der Waals surface area (Å²) in [5.74, 6) is 0. The minimum atomic E-state index is -4.33. The normalized spacial score (nSPS) is 11.1. The van der Waals surface area contributed by atoms with Crippen molar-refractivity contribution in [1.82, 2.24) is 0 Å². The maximum atomic E-state index is 14.2. The number of benzene rings is 4.